The molecule has 2 aliphatic heterocycles. The summed E-state index contributed by atoms with van der Waals surface area (Å²) >= 11 is 0.852. The zero-order valence-electron chi connectivity index (χ0n) is 14.8. The molecule has 3 heterocycles. The van der Waals surface area contributed by atoms with Gasteiger partial charge < -0.3 is 15.4 Å². The molecule has 0 bridgehead atoms. The van der Waals surface area contributed by atoms with Crippen molar-refractivity contribution in [3.05, 3.63) is 33.4 Å². The lowest BCUT2D eigenvalue weighted by molar-refractivity contribution is -0.128. The Hall–Kier alpha value is -2.99. The molecular weight excluding hydrogens is 388 g/mol. The number of hydrogen-bond donors (Lipinski definition) is 1. The van der Waals surface area contributed by atoms with Gasteiger partial charge in [-0.3, -0.25) is 9.59 Å². The minimum atomic E-state index is -1.52. The molecule has 0 saturated carbocycles. The smallest absolute Gasteiger partial charge is 0.277 e. The first-order chi connectivity index (χ1) is 13.3. The lowest BCUT2D eigenvalue weighted by Crippen LogP contribution is -2.21. The van der Waals surface area contributed by atoms with Crippen molar-refractivity contribution in [2.45, 2.75) is 12.6 Å². The molecule has 2 unspecified atom stereocenters. The molecule has 2 atom stereocenters. The molecule has 2 N–H and O–H groups in total. The molecule has 1 aromatic carbocycles. The summed E-state index contributed by atoms with van der Waals surface area (Å²) in [6.07, 6.45) is -0.933. The average molecular weight is 403 g/mol. The number of rotatable bonds is 1. The number of ether oxygens (including phenoxy) is 1. The summed E-state index contributed by atoms with van der Waals surface area (Å²) in [6.45, 7) is 0.280. The van der Waals surface area contributed by atoms with Crippen LogP contribution in [0.1, 0.15) is 32.8 Å². The number of hydrogen-bond acceptors (Lipinski definition) is 5. The number of carbonyl (C=O) groups is 2. The molecule has 0 radical (unpaired) electrons. The predicted octanol–water partition coefficient (Wildman–Crippen LogP) is 2.28. The highest BCUT2D eigenvalue weighted by atomic mass is 32.1. The van der Waals surface area contributed by atoms with Crippen molar-refractivity contribution in [1.82, 2.24) is 9.88 Å². The van der Waals surface area contributed by atoms with Crippen LogP contribution in [0.2, 0.25) is 0 Å². The first-order valence-electron chi connectivity index (χ1n) is 8.53. The second kappa shape index (κ2) is 6.87. The number of primary amides is 1. The fourth-order valence-corrected chi connectivity index (χ4v) is 4.05. The Morgan fingerprint density at radius 1 is 1.46 bits per heavy atom. The van der Waals surface area contributed by atoms with Crippen LogP contribution in [0.3, 0.4) is 0 Å². The predicted molar refractivity (Wildman–Crippen MR) is 98.0 cm³/mol. The largest absolute Gasteiger partial charge is 0.489 e. The molecule has 9 heteroatoms. The Morgan fingerprint density at radius 3 is 2.93 bits per heavy atom. The lowest BCUT2D eigenvalue weighted by Gasteiger charge is -2.09. The van der Waals surface area contributed by atoms with Gasteiger partial charge in [0.2, 0.25) is 5.91 Å². The fourth-order valence-electron chi connectivity index (χ4n) is 3.16. The van der Waals surface area contributed by atoms with E-state index in [0.29, 0.717) is 18.5 Å². The molecule has 1 saturated heterocycles. The Balaban J connectivity index is 1.79. The van der Waals surface area contributed by atoms with E-state index >= 15 is 0 Å². The van der Waals surface area contributed by atoms with Gasteiger partial charge in [-0.05, 0) is 12.5 Å². The Bertz CT molecular complexity index is 1060. The maximum atomic E-state index is 14.5. The van der Waals surface area contributed by atoms with Crippen molar-refractivity contribution < 1.29 is 23.1 Å². The number of aromatic nitrogens is 1. The van der Waals surface area contributed by atoms with Gasteiger partial charge in [-0.25, -0.2) is 13.8 Å². The van der Waals surface area contributed by atoms with Crippen molar-refractivity contribution in [2.75, 3.05) is 20.2 Å². The molecule has 4 rings (SSSR count). The Kier molecular flexibility index (Phi) is 4.51. The third-order valence-electron chi connectivity index (χ3n) is 4.67. The van der Waals surface area contributed by atoms with Crippen LogP contribution in [0.25, 0.3) is 11.3 Å². The standard InChI is InChI=1S/C19H15F2N3O3S/c1-24-5-4-9(19(24)26)2-3-10-6-11-14(7-12(10)20)27-8-13(21)16-15(11)23-18(28-16)17(22)25/h6-7,9,13H,4-5,8H2,1H3,(H2,22,25). The van der Waals surface area contributed by atoms with Gasteiger partial charge in [0, 0.05) is 25.2 Å². The van der Waals surface area contributed by atoms with Crippen molar-refractivity contribution in [2.24, 2.45) is 11.7 Å². The highest BCUT2D eigenvalue weighted by Crippen LogP contribution is 2.43. The van der Waals surface area contributed by atoms with E-state index in [1.807, 2.05) is 0 Å². The highest BCUT2D eigenvalue weighted by Gasteiger charge is 2.30. The number of thiazole rings is 1. The van der Waals surface area contributed by atoms with E-state index in [4.69, 9.17) is 10.5 Å². The molecule has 0 spiro atoms. The SMILES string of the molecule is CN1CCC(C#Cc2cc3c(cc2F)OCC(F)c2sc(C(N)=O)nc2-3)C1=O. The molecule has 28 heavy (non-hydrogen) atoms. The topological polar surface area (TPSA) is 85.5 Å². The van der Waals surface area contributed by atoms with Gasteiger partial charge in [-0.2, -0.15) is 0 Å². The molecular formula is C19H15F2N3O3S. The monoisotopic (exact) mass is 403 g/mol. The maximum absolute atomic E-state index is 14.5. The second-order valence-corrected chi connectivity index (χ2v) is 7.60. The van der Waals surface area contributed by atoms with Crippen LogP contribution >= 0.6 is 11.3 Å². The van der Waals surface area contributed by atoms with Crippen LogP contribution < -0.4 is 10.5 Å². The van der Waals surface area contributed by atoms with Crippen LogP contribution in [0.15, 0.2) is 12.1 Å². The zero-order chi connectivity index (χ0) is 20.0. The number of nitrogens with zero attached hydrogens (tertiary/aromatic N) is 2. The number of benzene rings is 1. The first-order valence-corrected chi connectivity index (χ1v) is 9.34. The van der Waals surface area contributed by atoms with Crippen LogP contribution in [-0.4, -0.2) is 41.9 Å². The molecule has 144 valence electrons. The number of nitrogens with two attached hydrogens (primary N) is 1. The third kappa shape index (κ3) is 3.10. The molecule has 2 aliphatic rings. The number of alkyl halides is 1. The number of carbonyl (C=O) groups excluding carboxylic acids is 2. The van der Waals surface area contributed by atoms with Crippen molar-refractivity contribution in [3.63, 3.8) is 0 Å². The van der Waals surface area contributed by atoms with Gasteiger partial charge in [0.05, 0.1) is 16.1 Å². The van der Waals surface area contributed by atoms with E-state index in [0.717, 1.165) is 17.4 Å². The number of halogens is 2. The van der Waals surface area contributed by atoms with Crippen molar-refractivity contribution in [3.8, 4) is 28.8 Å². The van der Waals surface area contributed by atoms with Gasteiger partial charge in [-0.1, -0.05) is 11.8 Å². The molecule has 6 nitrogen and oxygen atoms in total. The fraction of sp³-hybridized carbons (Fsp3) is 0.316. The Labute approximate surface area is 163 Å². The van der Waals surface area contributed by atoms with E-state index in [1.165, 1.54) is 6.07 Å². The minimum absolute atomic E-state index is 0.0305. The van der Waals surface area contributed by atoms with E-state index in [9.17, 15) is 18.4 Å². The number of fused-ring (bicyclic) bond motifs is 3. The minimum Gasteiger partial charge on any atom is -0.489 e. The van der Waals surface area contributed by atoms with Gasteiger partial charge in [0.1, 0.15) is 24.1 Å². The molecule has 2 aromatic rings. The Morgan fingerprint density at radius 2 is 2.25 bits per heavy atom. The second-order valence-electron chi connectivity index (χ2n) is 6.57. The highest BCUT2D eigenvalue weighted by molar-refractivity contribution is 7.14. The summed E-state index contributed by atoms with van der Waals surface area (Å²) < 4.78 is 34.3. The molecule has 2 amide bonds. The summed E-state index contributed by atoms with van der Waals surface area (Å²) in [6, 6.07) is 2.52. The number of amides is 2. The summed E-state index contributed by atoms with van der Waals surface area (Å²) in [4.78, 5) is 29.3. The normalized spacial score (nSPS) is 20.5. The van der Waals surface area contributed by atoms with Gasteiger partial charge >= 0.3 is 0 Å². The van der Waals surface area contributed by atoms with E-state index in [1.54, 1.807) is 11.9 Å². The summed E-state index contributed by atoms with van der Waals surface area (Å²) in [5.41, 5.74) is 5.83. The van der Waals surface area contributed by atoms with Crippen molar-refractivity contribution >= 4 is 23.2 Å². The maximum Gasteiger partial charge on any atom is 0.277 e. The van der Waals surface area contributed by atoms with Crippen LogP contribution in [0, 0.1) is 23.6 Å². The first kappa shape index (κ1) is 18.4. The van der Waals surface area contributed by atoms with Crippen LogP contribution in [0.4, 0.5) is 8.78 Å². The summed E-state index contributed by atoms with van der Waals surface area (Å²) in [5, 5.41) is -0.0305. The average Bonchev–Trinajstić information content (AvgIpc) is 3.21. The van der Waals surface area contributed by atoms with E-state index in [2.05, 4.69) is 16.8 Å². The number of likely N-dealkylation sites (tertiary alicyclic amines) is 1. The molecule has 1 aromatic heterocycles. The van der Waals surface area contributed by atoms with Crippen molar-refractivity contribution in [1.29, 1.82) is 0 Å². The molecule has 0 aliphatic carbocycles. The van der Waals surface area contributed by atoms with Crippen LogP contribution in [0.5, 0.6) is 5.75 Å². The van der Waals surface area contributed by atoms with Gasteiger partial charge in [0.15, 0.2) is 11.2 Å². The van der Waals surface area contributed by atoms with Crippen LogP contribution in [-0.2, 0) is 4.79 Å². The van der Waals surface area contributed by atoms with Gasteiger partial charge in [0.25, 0.3) is 5.91 Å². The third-order valence-corrected chi connectivity index (χ3v) is 5.82. The van der Waals surface area contributed by atoms with E-state index < -0.39 is 23.8 Å². The molecule has 1 fully saturated rings. The van der Waals surface area contributed by atoms with Gasteiger partial charge in [-0.15, -0.1) is 11.3 Å². The quantitative estimate of drug-likeness (QED) is 0.741. The summed E-state index contributed by atoms with van der Waals surface area (Å²) in [5.74, 6) is 3.65. The van der Waals surface area contributed by atoms with E-state index in [-0.39, 0.29) is 39.4 Å². The summed E-state index contributed by atoms with van der Waals surface area (Å²) in [7, 11) is 1.69. The zero-order valence-corrected chi connectivity index (χ0v) is 15.6. The lowest BCUT2D eigenvalue weighted by atomic mass is 10.0.